The number of carboxylic acids is 1. The Hall–Kier alpha value is -2.68. The maximum Gasteiger partial charge on any atom is 0.327 e. The Balaban J connectivity index is 2.57. The van der Waals surface area contributed by atoms with Gasteiger partial charge in [-0.1, -0.05) is 12.1 Å². The first-order valence-electron chi connectivity index (χ1n) is 6.38. The number of benzene rings is 1. The van der Waals surface area contributed by atoms with Crippen LogP contribution in [0.2, 0.25) is 0 Å². The largest absolute Gasteiger partial charge is 0.490 e. The van der Waals surface area contributed by atoms with Crippen LogP contribution in [-0.4, -0.2) is 36.2 Å². The summed E-state index contributed by atoms with van der Waals surface area (Å²) in [7, 11) is 0. The molecule has 0 saturated carbocycles. The number of aliphatic carboxylic acids is 1. The van der Waals surface area contributed by atoms with Crippen molar-refractivity contribution in [2.75, 3.05) is 13.2 Å². The maximum absolute atomic E-state index is 11.7. The van der Waals surface area contributed by atoms with Gasteiger partial charge in [0.15, 0.2) is 18.1 Å². The van der Waals surface area contributed by atoms with Crippen LogP contribution in [0.3, 0.4) is 0 Å². The smallest absolute Gasteiger partial charge is 0.327 e. The van der Waals surface area contributed by atoms with Gasteiger partial charge in [-0.25, -0.2) is 4.79 Å². The van der Waals surface area contributed by atoms with Gasteiger partial charge in [-0.3, -0.25) is 4.79 Å². The zero-order chi connectivity index (χ0) is 15.7. The Morgan fingerprint density at radius 2 is 1.95 bits per heavy atom. The van der Waals surface area contributed by atoms with Crippen LogP contribution in [0.5, 0.6) is 11.5 Å². The van der Waals surface area contributed by atoms with Crippen molar-refractivity contribution >= 4 is 11.9 Å². The van der Waals surface area contributed by atoms with Gasteiger partial charge >= 0.3 is 5.97 Å². The van der Waals surface area contributed by atoms with Gasteiger partial charge in [0.25, 0.3) is 5.91 Å². The standard InChI is InChI=1S/C15H17NO5/c1-3-7-11(15(18)19)16-14(17)10-21-13-9-6-5-8-12(13)20-4-2/h1,5-6,8-9,11H,4,7,10H2,2H3,(H,16,17)(H,18,19). The highest BCUT2D eigenvalue weighted by atomic mass is 16.5. The molecule has 1 amide bonds. The van der Waals surface area contributed by atoms with E-state index in [1.54, 1.807) is 24.3 Å². The SMILES string of the molecule is C#CCC(NC(=O)COc1ccccc1OCC)C(=O)O. The van der Waals surface area contributed by atoms with Gasteiger partial charge in [0.05, 0.1) is 6.61 Å². The van der Waals surface area contributed by atoms with Crippen molar-refractivity contribution in [2.24, 2.45) is 0 Å². The number of hydrogen-bond donors (Lipinski definition) is 2. The molecule has 6 nitrogen and oxygen atoms in total. The first-order chi connectivity index (χ1) is 10.1. The van der Waals surface area contributed by atoms with E-state index in [4.69, 9.17) is 21.0 Å². The molecular formula is C15H17NO5. The van der Waals surface area contributed by atoms with Gasteiger partial charge in [-0.05, 0) is 19.1 Å². The molecule has 1 atom stereocenters. The molecule has 0 fully saturated rings. The van der Waals surface area contributed by atoms with E-state index < -0.39 is 17.9 Å². The van der Waals surface area contributed by atoms with E-state index in [1.807, 2.05) is 6.92 Å². The number of carbonyl (C=O) groups excluding carboxylic acids is 1. The third-order valence-corrected chi connectivity index (χ3v) is 2.46. The number of nitrogens with one attached hydrogen (secondary N) is 1. The lowest BCUT2D eigenvalue weighted by molar-refractivity contribution is -0.141. The minimum Gasteiger partial charge on any atom is -0.490 e. The van der Waals surface area contributed by atoms with Crippen LogP contribution in [0.1, 0.15) is 13.3 Å². The van der Waals surface area contributed by atoms with E-state index in [-0.39, 0.29) is 13.0 Å². The third-order valence-electron chi connectivity index (χ3n) is 2.46. The van der Waals surface area contributed by atoms with E-state index in [1.165, 1.54) is 0 Å². The number of ether oxygens (including phenoxy) is 2. The van der Waals surface area contributed by atoms with Crippen molar-refractivity contribution in [3.63, 3.8) is 0 Å². The average Bonchev–Trinajstić information content (AvgIpc) is 2.46. The second-order valence-corrected chi connectivity index (χ2v) is 4.04. The molecule has 1 aromatic carbocycles. The molecule has 0 heterocycles. The van der Waals surface area contributed by atoms with Crippen LogP contribution in [0.15, 0.2) is 24.3 Å². The molecular weight excluding hydrogens is 274 g/mol. The van der Waals surface area contributed by atoms with Crippen molar-refractivity contribution in [2.45, 2.75) is 19.4 Å². The summed E-state index contributed by atoms with van der Waals surface area (Å²) < 4.78 is 10.7. The second kappa shape index (κ2) is 8.48. The van der Waals surface area contributed by atoms with Crippen LogP contribution in [0, 0.1) is 12.3 Å². The number of rotatable bonds is 8. The normalized spacial score (nSPS) is 11.0. The molecule has 0 aliphatic rings. The van der Waals surface area contributed by atoms with Crippen LogP contribution < -0.4 is 14.8 Å². The van der Waals surface area contributed by atoms with Crippen LogP contribution >= 0.6 is 0 Å². The van der Waals surface area contributed by atoms with Crippen molar-refractivity contribution in [3.8, 4) is 23.8 Å². The zero-order valence-corrected chi connectivity index (χ0v) is 11.7. The average molecular weight is 291 g/mol. The van der Waals surface area contributed by atoms with Crippen molar-refractivity contribution in [1.29, 1.82) is 0 Å². The third kappa shape index (κ3) is 5.45. The van der Waals surface area contributed by atoms with Gasteiger partial charge in [-0.15, -0.1) is 12.3 Å². The monoisotopic (exact) mass is 291 g/mol. The Morgan fingerprint density at radius 1 is 1.33 bits per heavy atom. The van der Waals surface area contributed by atoms with Crippen LogP contribution in [0.4, 0.5) is 0 Å². The highest BCUT2D eigenvalue weighted by Crippen LogP contribution is 2.26. The number of carbonyl (C=O) groups is 2. The Kier molecular flexibility index (Phi) is 6.61. The first-order valence-corrected chi connectivity index (χ1v) is 6.38. The Bertz CT molecular complexity index is 535. The van der Waals surface area contributed by atoms with Gasteiger partial charge in [-0.2, -0.15) is 0 Å². The fourth-order valence-electron chi connectivity index (χ4n) is 1.54. The van der Waals surface area contributed by atoms with Crippen LogP contribution in [0.25, 0.3) is 0 Å². The summed E-state index contributed by atoms with van der Waals surface area (Å²) in [5, 5.41) is 11.2. The molecule has 0 saturated heterocycles. The Labute approximate surface area is 123 Å². The highest BCUT2D eigenvalue weighted by Gasteiger charge is 2.19. The van der Waals surface area contributed by atoms with E-state index in [0.29, 0.717) is 18.1 Å². The zero-order valence-electron chi connectivity index (χ0n) is 11.7. The van der Waals surface area contributed by atoms with E-state index in [0.717, 1.165) is 0 Å². The number of hydrogen-bond acceptors (Lipinski definition) is 4. The molecule has 1 aromatic rings. The fourth-order valence-corrected chi connectivity index (χ4v) is 1.54. The van der Waals surface area contributed by atoms with Crippen LogP contribution in [-0.2, 0) is 9.59 Å². The molecule has 1 unspecified atom stereocenters. The summed E-state index contributed by atoms with van der Waals surface area (Å²) >= 11 is 0. The van der Waals surface area contributed by atoms with Crippen molar-refractivity contribution in [1.82, 2.24) is 5.32 Å². The number of amides is 1. The second-order valence-electron chi connectivity index (χ2n) is 4.04. The van der Waals surface area contributed by atoms with Gasteiger partial charge in [0.2, 0.25) is 0 Å². The molecule has 0 aliphatic carbocycles. The molecule has 1 rings (SSSR count). The molecule has 0 bridgehead atoms. The fraction of sp³-hybridized carbons (Fsp3) is 0.333. The predicted molar refractivity (Wildman–Crippen MR) is 76.1 cm³/mol. The van der Waals surface area contributed by atoms with E-state index >= 15 is 0 Å². The van der Waals surface area contributed by atoms with Gasteiger partial charge < -0.3 is 19.9 Å². The lowest BCUT2D eigenvalue weighted by Crippen LogP contribution is -2.42. The van der Waals surface area contributed by atoms with Crippen molar-refractivity contribution in [3.05, 3.63) is 24.3 Å². The van der Waals surface area contributed by atoms with E-state index in [9.17, 15) is 9.59 Å². The molecule has 0 aliphatic heterocycles. The first kappa shape index (κ1) is 16.4. The quantitative estimate of drug-likeness (QED) is 0.699. The molecule has 6 heteroatoms. The Morgan fingerprint density at radius 3 is 2.48 bits per heavy atom. The molecule has 0 spiro atoms. The lowest BCUT2D eigenvalue weighted by Gasteiger charge is -2.14. The summed E-state index contributed by atoms with van der Waals surface area (Å²) in [6, 6.07) is 5.79. The molecule has 0 aromatic heterocycles. The molecule has 2 N–H and O–H groups in total. The summed E-state index contributed by atoms with van der Waals surface area (Å²) in [4.78, 5) is 22.5. The predicted octanol–water partition coefficient (Wildman–Crippen LogP) is 1.06. The number of carboxylic acid groups (broad SMARTS) is 1. The molecule has 112 valence electrons. The minimum atomic E-state index is -1.18. The summed E-state index contributed by atoms with van der Waals surface area (Å²) in [5.74, 6) is 1.38. The van der Waals surface area contributed by atoms with Gasteiger partial charge in [0, 0.05) is 6.42 Å². The number of terminal acetylenes is 1. The molecule has 21 heavy (non-hydrogen) atoms. The highest BCUT2D eigenvalue weighted by molar-refractivity contribution is 5.84. The summed E-state index contributed by atoms with van der Waals surface area (Å²) in [6.07, 6.45) is 4.96. The number of para-hydroxylation sites is 2. The summed E-state index contributed by atoms with van der Waals surface area (Å²) in [5.41, 5.74) is 0. The van der Waals surface area contributed by atoms with Gasteiger partial charge in [0.1, 0.15) is 6.04 Å². The topological polar surface area (TPSA) is 84.9 Å². The summed E-state index contributed by atoms with van der Waals surface area (Å²) in [6.45, 7) is 1.98. The van der Waals surface area contributed by atoms with Crippen molar-refractivity contribution < 1.29 is 24.2 Å². The molecule has 0 radical (unpaired) electrons. The maximum atomic E-state index is 11.7. The minimum absolute atomic E-state index is 0.0867. The lowest BCUT2D eigenvalue weighted by atomic mass is 10.2. The van der Waals surface area contributed by atoms with E-state index in [2.05, 4.69) is 11.2 Å².